The van der Waals surface area contributed by atoms with E-state index in [4.69, 9.17) is 9.97 Å². The Morgan fingerprint density at radius 3 is 2.76 bits per heavy atom. The predicted octanol–water partition coefficient (Wildman–Crippen LogP) is 3.81. The van der Waals surface area contributed by atoms with Crippen LogP contribution in [-0.4, -0.2) is 74.7 Å². The summed E-state index contributed by atoms with van der Waals surface area (Å²) in [6, 6.07) is 13.1. The summed E-state index contributed by atoms with van der Waals surface area (Å²) in [5.41, 5.74) is 2.92. The molecule has 4 aromatic rings. The minimum Gasteiger partial charge on any atom is -0.323 e. The summed E-state index contributed by atoms with van der Waals surface area (Å²) in [6.07, 6.45) is 3.54. The van der Waals surface area contributed by atoms with E-state index in [1.54, 1.807) is 12.3 Å². The molecule has 5 rings (SSSR count). The Balaban J connectivity index is 1.40. The summed E-state index contributed by atoms with van der Waals surface area (Å²) in [7, 11) is 2.17. The maximum Gasteiger partial charge on any atom is 0.162 e. The quantitative estimate of drug-likeness (QED) is 0.414. The fourth-order valence-electron chi connectivity index (χ4n) is 4.29. The lowest BCUT2D eigenvalue weighted by Crippen LogP contribution is -2.44. The first-order valence-corrected chi connectivity index (χ1v) is 11.7. The predicted molar refractivity (Wildman–Crippen MR) is 132 cm³/mol. The maximum absolute atomic E-state index is 13.7. The number of nitrogens with zero attached hydrogens (tertiary/aromatic N) is 6. The second kappa shape index (κ2) is 10.2. The third kappa shape index (κ3) is 5.05. The number of nitrogens with one attached hydrogen (secondary N) is 2. The molecule has 4 heterocycles. The monoisotopic (exact) mass is 460 g/mol. The highest BCUT2D eigenvalue weighted by Gasteiger charge is 2.15. The molecule has 0 radical (unpaired) electrons. The normalized spacial score (nSPS) is 15.1. The van der Waals surface area contributed by atoms with Gasteiger partial charge in [-0.15, -0.1) is 0 Å². The fourth-order valence-corrected chi connectivity index (χ4v) is 4.29. The van der Waals surface area contributed by atoms with E-state index < -0.39 is 6.67 Å². The molecule has 9 heteroatoms. The van der Waals surface area contributed by atoms with Gasteiger partial charge in [-0.3, -0.25) is 5.10 Å². The Morgan fingerprint density at radius 1 is 1.06 bits per heavy atom. The molecule has 0 atom stereocenters. The molecule has 0 bridgehead atoms. The van der Waals surface area contributed by atoms with Crippen LogP contribution in [0.1, 0.15) is 17.7 Å². The van der Waals surface area contributed by atoms with E-state index in [1.807, 2.05) is 36.4 Å². The van der Waals surface area contributed by atoms with E-state index in [-0.39, 0.29) is 0 Å². The zero-order chi connectivity index (χ0) is 23.3. The molecule has 1 aliphatic rings. The zero-order valence-electron chi connectivity index (χ0n) is 19.3. The van der Waals surface area contributed by atoms with Crippen LogP contribution in [0.4, 0.5) is 16.0 Å². The summed E-state index contributed by atoms with van der Waals surface area (Å²) >= 11 is 0. The van der Waals surface area contributed by atoms with E-state index in [0.717, 1.165) is 56.6 Å². The van der Waals surface area contributed by atoms with Crippen LogP contribution in [-0.2, 0) is 13.1 Å². The Hall–Kier alpha value is -3.43. The van der Waals surface area contributed by atoms with Crippen LogP contribution in [0.2, 0.25) is 0 Å². The lowest BCUT2D eigenvalue weighted by molar-refractivity contribution is 0.153. The van der Waals surface area contributed by atoms with Crippen molar-refractivity contribution in [3.05, 3.63) is 59.9 Å². The third-order valence-corrected chi connectivity index (χ3v) is 6.27. The number of pyridine rings is 1. The molecular formula is C25H29FN8. The lowest BCUT2D eigenvalue weighted by Gasteiger charge is -2.32. The molecule has 1 fully saturated rings. The van der Waals surface area contributed by atoms with Crippen LogP contribution in [0, 0.1) is 0 Å². The van der Waals surface area contributed by atoms with Crippen molar-refractivity contribution in [1.82, 2.24) is 34.9 Å². The van der Waals surface area contributed by atoms with Crippen molar-refractivity contribution in [1.29, 1.82) is 0 Å². The van der Waals surface area contributed by atoms with Gasteiger partial charge in [0.1, 0.15) is 12.5 Å². The molecule has 0 unspecified atom stereocenters. The van der Waals surface area contributed by atoms with Gasteiger partial charge >= 0.3 is 0 Å². The Morgan fingerprint density at radius 2 is 1.91 bits per heavy atom. The molecule has 0 saturated carbocycles. The minimum absolute atomic E-state index is 0.519. The van der Waals surface area contributed by atoms with Crippen molar-refractivity contribution in [3.63, 3.8) is 0 Å². The van der Waals surface area contributed by atoms with Gasteiger partial charge in [0.15, 0.2) is 17.3 Å². The highest BCUT2D eigenvalue weighted by atomic mass is 19.1. The van der Waals surface area contributed by atoms with Gasteiger partial charge in [0.25, 0.3) is 0 Å². The molecule has 176 valence electrons. The van der Waals surface area contributed by atoms with Crippen LogP contribution >= 0.6 is 0 Å². The number of aromatic nitrogens is 5. The molecule has 1 aliphatic heterocycles. The highest BCUT2D eigenvalue weighted by Crippen LogP contribution is 2.26. The van der Waals surface area contributed by atoms with Crippen LogP contribution in [0.3, 0.4) is 0 Å². The highest BCUT2D eigenvalue weighted by molar-refractivity contribution is 5.88. The number of fused-ring (bicyclic) bond motifs is 1. The molecular weight excluding hydrogens is 431 g/mol. The molecule has 0 amide bonds. The Kier molecular flexibility index (Phi) is 6.73. The number of rotatable bonds is 8. The minimum atomic E-state index is -0.564. The van der Waals surface area contributed by atoms with Crippen molar-refractivity contribution < 1.29 is 4.39 Å². The van der Waals surface area contributed by atoms with Crippen LogP contribution < -0.4 is 5.32 Å². The third-order valence-electron chi connectivity index (χ3n) is 6.27. The average Bonchev–Trinajstić information content (AvgIpc) is 3.28. The molecule has 0 aliphatic carbocycles. The van der Waals surface area contributed by atoms with Crippen LogP contribution in [0.25, 0.3) is 22.4 Å². The van der Waals surface area contributed by atoms with Crippen molar-refractivity contribution in [3.8, 4) is 11.4 Å². The van der Waals surface area contributed by atoms with Gasteiger partial charge in [-0.2, -0.15) is 5.10 Å². The topological polar surface area (TPSA) is 85.9 Å². The summed E-state index contributed by atoms with van der Waals surface area (Å²) in [4.78, 5) is 18.7. The van der Waals surface area contributed by atoms with Gasteiger partial charge in [0.05, 0.1) is 5.39 Å². The number of H-pyrrole nitrogens is 1. The molecule has 0 spiro atoms. The van der Waals surface area contributed by atoms with E-state index in [2.05, 4.69) is 37.3 Å². The smallest absolute Gasteiger partial charge is 0.162 e. The largest absolute Gasteiger partial charge is 0.323 e. The van der Waals surface area contributed by atoms with Gasteiger partial charge in [-0.05, 0) is 44.1 Å². The average molecular weight is 461 g/mol. The van der Waals surface area contributed by atoms with Gasteiger partial charge in [0.2, 0.25) is 0 Å². The number of aryl methyl sites for hydroxylation is 1. The first-order chi connectivity index (χ1) is 16.7. The second-order valence-corrected chi connectivity index (χ2v) is 8.70. The fraction of sp³-hybridized carbons (Fsp3) is 0.360. The second-order valence-electron chi connectivity index (χ2n) is 8.70. The number of aromatic amines is 1. The molecule has 34 heavy (non-hydrogen) atoms. The summed E-state index contributed by atoms with van der Waals surface area (Å²) in [5.74, 6) is 1.80. The zero-order valence-corrected chi connectivity index (χ0v) is 19.3. The molecule has 2 N–H and O–H groups in total. The number of piperazine rings is 1. The summed E-state index contributed by atoms with van der Waals surface area (Å²) < 4.78 is 13.7. The van der Waals surface area contributed by atoms with Crippen molar-refractivity contribution in [2.75, 3.05) is 45.1 Å². The van der Waals surface area contributed by atoms with E-state index >= 15 is 0 Å². The molecule has 8 nitrogen and oxygen atoms in total. The first-order valence-electron chi connectivity index (χ1n) is 11.7. The van der Waals surface area contributed by atoms with E-state index in [1.165, 1.54) is 0 Å². The van der Waals surface area contributed by atoms with Gasteiger partial charge in [0, 0.05) is 49.7 Å². The van der Waals surface area contributed by atoms with E-state index in [9.17, 15) is 4.39 Å². The molecule has 1 saturated heterocycles. The molecule has 1 aromatic carbocycles. The lowest BCUT2D eigenvalue weighted by atomic mass is 10.1. The molecule has 3 aromatic heterocycles. The number of alkyl halides is 1. The van der Waals surface area contributed by atoms with E-state index in [0.29, 0.717) is 34.2 Å². The maximum atomic E-state index is 13.7. The number of benzene rings is 1. The number of anilines is 2. The van der Waals surface area contributed by atoms with Crippen LogP contribution in [0.15, 0.2) is 48.7 Å². The number of halogens is 1. The SMILES string of the molecule is CN1CCN(CCCc2cc(Nc3n[nH]c4ncccc34)nc(-c3ccccc3CF)n2)CC1. The number of hydrogen-bond acceptors (Lipinski definition) is 7. The van der Waals surface area contributed by atoms with Crippen LogP contribution in [0.5, 0.6) is 0 Å². The Bertz CT molecular complexity index is 1250. The summed E-state index contributed by atoms with van der Waals surface area (Å²) in [6.45, 7) is 4.89. The van der Waals surface area contributed by atoms with Crippen molar-refractivity contribution in [2.45, 2.75) is 19.5 Å². The number of hydrogen-bond donors (Lipinski definition) is 2. The van der Waals surface area contributed by atoms with Gasteiger partial charge < -0.3 is 15.1 Å². The number of likely N-dealkylation sites (N-methyl/N-ethyl adjacent to an activating group) is 1. The standard InChI is InChI=1S/C25H29FN8/c1-33-12-14-34(15-13-33)11-5-7-19-16-22(30-25-21-9-4-10-27-23(21)31-32-25)29-24(28-19)20-8-3-2-6-18(20)17-26/h2-4,6,8-10,16H,5,7,11-15,17H2,1H3,(H2,27,28,29,30,31,32). The van der Waals surface area contributed by atoms with Gasteiger partial charge in [-0.25, -0.2) is 19.3 Å². The first kappa shape index (κ1) is 22.4. The summed E-state index contributed by atoms with van der Waals surface area (Å²) in [5, 5.41) is 11.5. The van der Waals surface area contributed by atoms with Gasteiger partial charge in [-0.1, -0.05) is 24.3 Å². The Labute approximate surface area is 198 Å². The van der Waals surface area contributed by atoms with Crippen molar-refractivity contribution in [2.24, 2.45) is 0 Å². The van der Waals surface area contributed by atoms with Crippen molar-refractivity contribution >= 4 is 22.7 Å².